The minimum atomic E-state index is -2.45. The zero-order chi connectivity index (χ0) is 10.8. The van der Waals surface area contributed by atoms with Crippen molar-refractivity contribution >= 4 is 21.6 Å². The number of aromatic nitrogens is 2. The van der Waals surface area contributed by atoms with Crippen LogP contribution in [0.1, 0.15) is 5.56 Å². The first-order chi connectivity index (χ1) is 7.16. The van der Waals surface area contributed by atoms with E-state index in [9.17, 15) is 13.2 Å². The van der Waals surface area contributed by atoms with Crippen LogP contribution in [0.5, 0.6) is 0 Å². The molecule has 1 aromatic carbocycles. The molecule has 0 aliphatic carbocycles. The number of hydrogen-bond acceptors (Lipinski definition) is 4. The molecule has 0 atom stereocenters. The van der Waals surface area contributed by atoms with Crippen LogP contribution in [-0.2, 0) is 16.5 Å². The van der Waals surface area contributed by atoms with Crippen LogP contribution in [0.15, 0.2) is 29.3 Å². The number of aromatic amines is 1. The van der Waals surface area contributed by atoms with E-state index >= 15 is 0 Å². The van der Waals surface area contributed by atoms with Crippen LogP contribution in [0.25, 0.3) is 10.9 Å². The first-order valence-corrected chi connectivity index (χ1v) is 5.61. The van der Waals surface area contributed by atoms with Gasteiger partial charge in [0.1, 0.15) is 10.7 Å². The maximum Gasteiger partial charge on any atom is 0.258 e. The Kier molecular flexibility index (Phi) is 2.51. The van der Waals surface area contributed by atoms with Crippen LogP contribution in [0, 0.1) is 0 Å². The van der Waals surface area contributed by atoms with Gasteiger partial charge in [-0.1, -0.05) is 6.07 Å². The van der Waals surface area contributed by atoms with Crippen LogP contribution in [0.4, 0.5) is 0 Å². The molecule has 78 valence electrons. The zero-order valence-electron chi connectivity index (χ0n) is 7.64. The number of fused-ring (bicyclic) bond motifs is 1. The molecule has 1 aromatic heterocycles. The molecular weight excluding hydrogens is 216 g/mol. The monoisotopic (exact) mass is 224 g/mol. The third kappa shape index (κ3) is 2.04. The Bertz CT molecular complexity index is 623. The summed E-state index contributed by atoms with van der Waals surface area (Å²) in [5.74, 6) is -0.0280. The lowest BCUT2D eigenvalue weighted by atomic mass is 10.2. The SMILES string of the molecule is O=c1[nH]cnc2cc(C[SH](=O)=O)ccc12. The molecule has 2 rings (SSSR count). The van der Waals surface area contributed by atoms with Gasteiger partial charge in [-0.2, -0.15) is 0 Å². The van der Waals surface area contributed by atoms with E-state index < -0.39 is 10.7 Å². The van der Waals surface area contributed by atoms with Crippen molar-refractivity contribution in [2.45, 2.75) is 5.75 Å². The Morgan fingerprint density at radius 2 is 2.13 bits per heavy atom. The van der Waals surface area contributed by atoms with Crippen LogP contribution in [0.2, 0.25) is 0 Å². The molecule has 5 nitrogen and oxygen atoms in total. The number of nitrogens with zero attached hydrogens (tertiary/aromatic N) is 1. The number of H-pyrrole nitrogens is 1. The third-order valence-electron chi connectivity index (χ3n) is 2.02. The Labute approximate surface area is 86.7 Å². The number of rotatable bonds is 2. The second-order valence-electron chi connectivity index (χ2n) is 3.07. The quantitative estimate of drug-likeness (QED) is 0.705. The summed E-state index contributed by atoms with van der Waals surface area (Å²) in [5, 5.41) is 0.461. The van der Waals surface area contributed by atoms with Gasteiger partial charge in [0.05, 0.1) is 23.0 Å². The van der Waals surface area contributed by atoms with Crippen molar-refractivity contribution in [2.75, 3.05) is 0 Å². The fraction of sp³-hybridized carbons (Fsp3) is 0.111. The lowest BCUT2D eigenvalue weighted by molar-refractivity contribution is 0.614. The van der Waals surface area contributed by atoms with E-state index in [4.69, 9.17) is 0 Å². The smallest absolute Gasteiger partial charge is 0.258 e. The van der Waals surface area contributed by atoms with Crippen molar-refractivity contribution in [1.29, 1.82) is 0 Å². The Hall–Kier alpha value is -1.69. The average molecular weight is 224 g/mol. The summed E-state index contributed by atoms with van der Waals surface area (Å²) in [6, 6.07) is 4.80. The van der Waals surface area contributed by atoms with E-state index in [1.807, 2.05) is 0 Å². The molecule has 6 heteroatoms. The first-order valence-electron chi connectivity index (χ1n) is 4.25. The lowest BCUT2D eigenvalue weighted by Gasteiger charge is -1.98. The predicted molar refractivity (Wildman–Crippen MR) is 56.4 cm³/mol. The summed E-state index contributed by atoms with van der Waals surface area (Å²) >= 11 is 0. The highest BCUT2D eigenvalue weighted by Crippen LogP contribution is 2.09. The Morgan fingerprint density at radius 1 is 1.33 bits per heavy atom. The van der Waals surface area contributed by atoms with E-state index in [1.165, 1.54) is 6.33 Å². The molecule has 0 aliphatic heterocycles. The molecule has 0 unspecified atom stereocenters. The molecule has 0 amide bonds. The highest BCUT2D eigenvalue weighted by atomic mass is 32.2. The highest BCUT2D eigenvalue weighted by molar-refractivity contribution is 7.71. The van der Waals surface area contributed by atoms with Crippen molar-refractivity contribution in [3.63, 3.8) is 0 Å². The van der Waals surface area contributed by atoms with Crippen molar-refractivity contribution < 1.29 is 8.42 Å². The molecule has 15 heavy (non-hydrogen) atoms. The van der Waals surface area contributed by atoms with E-state index in [2.05, 4.69) is 9.97 Å². The van der Waals surface area contributed by atoms with Gasteiger partial charge in [0.25, 0.3) is 5.56 Å². The van der Waals surface area contributed by atoms with E-state index in [0.29, 0.717) is 16.5 Å². The van der Waals surface area contributed by atoms with Gasteiger partial charge in [-0.3, -0.25) is 4.79 Å². The number of thiol groups is 1. The van der Waals surface area contributed by atoms with Crippen molar-refractivity contribution in [3.05, 3.63) is 40.4 Å². The van der Waals surface area contributed by atoms with Gasteiger partial charge in [-0.25, -0.2) is 13.4 Å². The second kappa shape index (κ2) is 3.82. The molecule has 0 aliphatic rings. The van der Waals surface area contributed by atoms with Gasteiger partial charge in [-0.05, 0) is 17.7 Å². The van der Waals surface area contributed by atoms with Gasteiger partial charge >= 0.3 is 0 Å². The van der Waals surface area contributed by atoms with Gasteiger partial charge < -0.3 is 4.98 Å². The number of benzene rings is 1. The topological polar surface area (TPSA) is 79.9 Å². The molecule has 2 aromatic rings. The Balaban J connectivity index is 2.62. The van der Waals surface area contributed by atoms with Crippen LogP contribution >= 0.6 is 0 Å². The molecule has 0 saturated heterocycles. The van der Waals surface area contributed by atoms with E-state index in [1.54, 1.807) is 18.2 Å². The van der Waals surface area contributed by atoms with Gasteiger partial charge in [0.15, 0.2) is 0 Å². The molecule has 0 radical (unpaired) electrons. The van der Waals surface area contributed by atoms with Crippen LogP contribution < -0.4 is 5.56 Å². The number of hydrogen-bond donors (Lipinski definition) is 2. The predicted octanol–water partition coefficient (Wildman–Crippen LogP) is 0.0345. The highest BCUT2D eigenvalue weighted by Gasteiger charge is 2.01. The third-order valence-corrected chi connectivity index (χ3v) is 2.64. The molecule has 1 N–H and O–H groups in total. The maximum absolute atomic E-state index is 11.3. The summed E-state index contributed by atoms with van der Waals surface area (Å²) < 4.78 is 21.0. The largest absolute Gasteiger partial charge is 0.313 e. The summed E-state index contributed by atoms with van der Waals surface area (Å²) in [6.07, 6.45) is 1.30. The molecule has 0 spiro atoms. The standard InChI is InChI=1S/C9H8N2O3S/c12-9-7-2-1-6(4-15(13)14)3-8(7)10-5-11-9/h1-3,5,15H,4H2,(H,10,11,12). The van der Waals surface area contributed by atoms with E-state index in [-0.39, 0.29) is 11.3 Å². The van der Waals surface area contributed by atoms with Crippen molar-refractivity contribution in [2.24, 2.45) is 0 Å². The zero-order valence-corrected chi connectivity index (χ0v) is 8.53. The first kappa shape index (κ1) is 9.85. The summed E-state index contributed by atoms with van der Waals surface area (Å²) in [5.41, 5.74) is 0.919. The van der Waals surface area contributed by atoms with Crippen molar-refractivity contribution in [3.8, 4) is 0 Å². The van der Waals surface area contributed by atoms with Gasteiger partial charge in [0.2, 0.25) is 0 Å². The van der Waals surface area contributed by atoms with Crippen molar-refractivity contribution in [1.82, 2.24) is 9.97 Å². The summed E-state index contributed by atoms with van der Waals surface area (Å²) in [7, 11) is -2.45. The van der Waals surface area contributed by atoms with Crippen LogP contribution in [0.3, 0.4) is 0 Å². The fourth-order valence-corrected chi connectivity index (χ4v) is 1.86. The maximum atomic E-state index is 11.3. The van der Waals surface area contributed by atoms with Gasteiger partial charge in [0, 0.05) is 0 Å². The van der Waals surface area contributed by atoms with Gasteiger partial charge in [-0.15, -0.1) is 0 Å². The summed E-state index contributed by atoms with van der Waals surface area (Å²) in [4.78, 5) is 17.7. The van der Waals surface area contributed by atoms with Crippen LogP contribution in [-0.4, -0.2) is 18.4 Å². The molecular formula is C9H8N2O3S. The minimum Gasteiger partial charge on any atom is -0.313 e. The Morgan fingerprint density at radius 3 is 2.87 bits per heavy atom. The average Bonchev–Trinajstić information content (AvgIpc) is 2.17. The molecule has 0 fully saturated rings. The van der Waals surface area contributed by atoms with E-state index in [0.717, 1.165) is 0 Å². The fourth-order valence-electron chi connectivity index (χ4n) is 1.36. The molecule has 0 bridgehead atoms. The summed E-state index contributed by atoms with van der Waals surface area (Å²) in [6.45, 7) is 0. The molecule has 0 saturated carbocycles. The second-order valence-corrected chi connectivity index (χ2v) is 4.06. The number of nitrogens with one attached hydrogen (secondary N) is 1. The lowest BCUT2D eigenvalue weighted by Crippen LogP contribution is -2.06. The minimum absolute atomic E-state index is 0.0280. The normalized spacial score (nSPS) is 11.0. The molecule has 1 heterocycles.